The summed E-state index contributed by atoms with van der Waals surface area (Å²) in [5.41, 5.74) is -0.353. The van der Waals surface area contributed by atoms with Gasteiger partial charge in [-0.15, -0.1) is 11.3 Å². The molecule has 0 aliphatic carbocycles. The fourth-order valence-electron chi connectivity index (χ4n) is 4.08. The van der Waals surface area contributed by atoms with Crippen LogP contribution in [0.4, 0.5) is 0 Å². The van der Waals surface area contributed by atoms with Gasteiger partial charge in [0.05, 0.1) is 13.1 Å². The molecule has 2 aliphatic heterocycles. The van der Waals surface area contributed by atoms with Gasteiger partial charge in [-0.2, -0.15) is 0 Å². The monoisotopic (exact) mass is 377 g/mol. The predicted molar refractivity (Wildman–Crippen MR) is 105 cm³/mol. The van der Waals surface area contributed by atoms with Gasteiger partial charge in [-0.05, 0) is 37.1 Å². The van der Waals surface area contributed by atoms with Gasteiger partial charge < -0.3 is 10.6 Å². The van der Waals surface area contributed by atoms with Crippen LogP contribution in [0.25, 0.3) is 0 Å². The number of carbonyl (C=O) groups is 2. The molecule has 0 aromatic carbocycles. The molecule has 2 fully saturated rings. The summed E-state index contributed by atoms with van der Waals surface area (Å²) < 4.78 is 0. The molecule has 3 rings (SSSR count). The predicted octanol–water partition coefficient (Wildman–Crippen LogP) is 2.91. The molecule has 1 aromatic heterocycles. The second-order valence-corrected chi connectivity index (χ2v) is 9.69. The number of nitrogens with one attached hydrogen (secondary N) is 2. The van der Waals surface area contributed by atoms with Gasteiger partial charge in [0, 0.05) is 28.4 Å². The summed E-state index contributed by atoms with van der Waals surface area (Å²) >= 11 is 1.67. The first-order valence-electron chi connectivity index (χ1n) is 9.68. The number of rotatable bonds is 5. The SMILES string of the molecule is CC(C)(C)C(=O)NC1C[C@H]2CCC[C@@H](C1)N2CC(=O)NCc1cccs1. The average molecular weight is 378 g/mol. The van der Waals surface area contributed by atoms with Crippen molar-refractivity contribution in [3.8, 4) is 0 Å². The Morgan fingerprint density at radius 3 is 2.50 bits per heavy atom. The van der Waals surface area contributed by atoms with Gasteiger partial charge in [-0.25, -0.2) is 0 Å². The largest absolute Gasteiger partial charge is 0.353 e. The Labute approximate surface area is 160 Å². The van der Waals surface area contributed by atoms with E-state index in [9.17, 15) is 9.59 Å². The zero-order valence-electron chi connectivity index (χ0n) is 16.1. The minimum Gasteiger partial charge on any atom is -0.353 e. The molecule has 0 radical (unpaired) electrons. The van der Waals surface area contributed by atoms with E-state index in [1.807, 2.05) is 38.3 Å². The lowest BCUT2D eigenvalue weighted by Gasteiger charge is -2.49. The molecule has 5 nitrogen and oxygen atoms in total. The van der Waals surface area contributed by atoms with Gasteiger partial charge >= 0.3 is 0 Å². The van der Waals surface area contributed by atoms with Crippen LogP contribution in [0, 0.1) is 5.41 Å². The maximum atomic E-state index is 12.4. The standard InChI is InChI=1S/C20H31N3O2S/c1-20(2,3)19(25)22-14-10-15-6-4-7-16(11-14)23(15)13-18(24)21-12-17-8-5-9-26-17/h5,8-9,14-16H,4,6-7,10-13H2,1-3H3,(H,21,24)(H,22,25)/t14?,15-,16+. The summed E-state index contributed by atoms with van der Waals surface area (Å²) in [5, 5.41) is 8.32. The highest BCUT2D eigenvalue weighted by atomic mass is 32.1. The molecule has 3 heterocycles. The molecule has 26 heavy (non-hydrogen) atoms. The number of amides is 2. The van der Waals surface area contributed by atoms with E-state index in [0.29, 0.717) is 25.2 Å². The number of thiophene rings is 1. The van der Waals surface area contributed by atoms with Crippen molar-refractivity contribution in [2.75, 3.05) is 6.54 Å². The number of hydrogen-bond acceptors (Lipinski definition) is 4. The van der Waals surface area contributed by atoms with Crippen molar-refractivity contribution in [3.63, 3.8) is 0 Å². The summed E-state index contributed by atoms with van der Waals surface area (Å²) in [6, 6.07) is 5.10. The highest BCUT2D eigenvalue weighted by Gasteiger charge is 2.40. The number of piperidine rings is 2. The van der Waals surface area contributed by atoms with Crippen LogP contribution >= 0.6 is 11.3 Å². The molecule has 1 unspecified atom stereocenters. The van der Waals surface area contributed by atoms with E-state index in [0.717, 1.165) is 25.7 Å². The first-order chi connectivity index (χ1) is 12.3. The van der Waals surface area contributed by atoms with E-state index in [1.165, 1.54) is 11.3 Å². The van der Waals surface area contributed by atoms with Gasteiger partial charge in [0.25, 0.3) is 0 Å². The van der Waals surface area contributed by atoms with Crippen molar-refractivity contribution in [1.29, 1.82) is 0 Å². The maximum absolute atomic E-state index is 12.4. The summed E-state index contributed by atoms with van der Waals surface area (Å²) in [6.07, 6.45) is 5.38. The highest BCUT2D eigenvalue weighted by molar-refractivity contribution is 7.09. The molecule has 2 saturated heterocycles. The first kappa shape index (κ1) is 19.4. The lowest BCUT2D eigenvalue weighted by Crippen LogP contribution is -2.59. The fourth-order valence-corrected chi connectivity index (χ4v) is 4.72. The lowest BCUT2D eigenvalue weighted by molar-refractivity contribution is -0.131. The van der Waals surface area contributed by atoms with Crippen molar-refractivity contribution in [2.45, 2.75) is 77.5 Å². The van der Waals surface area contributed by atoms with Crippen molar-refractivity contribution < 1.29 is 9.59 Å². The van der Waals surface area contributed by atoms with E-state index in [4.69, 9.17) is 0 Å². The van der Waals surface area contributed by atoms with Crippen molar-refractivity contribution in [3.05, 3.63) is 22.4 Å². The second kappa shape index (κ2) is 8.09. The van der Waals surface area contributed by atoms with E-state index in [-0.39, 0.29) is 23.3 Å². The Hall–Kier alpha value is -1.40. The van der Waals surface area contributed by atoms with Crippen molar-refractivity contribution in [2.24, 2.45) is 5.41 Å². The third-order valence-electron chi connectivity index (χ3n) is 5.51. The Morgan fingerprint density at radius 2 is 1.92 bits per heavy atom. The summed E-state index contributed by atoms with van der Waals surface area (Å²) in [6.45, 7) is 6.95. The van der Waals surface area contributed by atoms with Crippen LogP contribution in [0.2, 0.25) is 0 Å². The molecule has 2 N–H and O–H groups in total. The molecule has 0 saturated carbocycles. The molecule has 144 valence electrons. The number of hydrogen-bond donors (Lipinski definition) is 2. The van der Waals surface area contributed by atoms with E-state index < -0.39 is 0 Å². The molecular weight excluding hydrogens is 346 g/mol. The molecule has 2 aliphatic rings. The molecule has 3 atom stereocenters. The summed E-state index contributed by atoms with van der Waals surface area (Å²) in [4.78, 5) is 28.3. The lowest BCUT2D eigenvalue weighted by atomic mass is 9.81. The fraction of sp³-hybridized carbons (Fsp3) is 0.700. The summed E-state index contributed by atoms with van der Waals surface area (Å²) in [5.74, 6) is 0.232. The minimum absolute atomic E-state index is 0.104. The zero-order valence-corrected chi connectivity index (χ0v) is 16.9. The van der Waals surface area contributed by atoms with E-state index >= 15 is 0 Å². The Morgan fingerprint density at radius 1 is 1.23 bits per heavy atom. The van der Waals surface area contributed by atoms with Crippen LogP contribution in [0.1, 0.15) is 57.8 Å². The van der Waals surface area contributed by atoms with Crippen LogP contribution in [0.15, 0.2) is 17.5 Å². The Balaban J connectivity index is 1.53. The van der Waals surface area contributed by atoms with Gasteiger partial charge in [0.2, 0.25) is 11.8 Å². The van der Waals surface area contributed by atoms with Gasteiger partial charge in [0.1, 0.15) is 0 Å². The zero-order chi connectivity index (χ0) is 18.7. The molecule has 2 bridgehead atoms. The third-order valence-corrected chi connectivity index (χ3v) is 6.38. The highest BCUT2D eigenvalue weighted by Crippen LogP contribution is 2.34. The Bertz CT molecular complexity index is 610. The smallest absolute Gasteiger partial charge is 0.234 e. The third kappa shape index (κ3) is 4.86. The van der Waals surface area contributed by atoms with E-state index in [1.54, 1.807) is 11.3 Å². The normalized spacial score (nSPS) is 26.3. The van der Waals surface area contributed by atoms with Crippen LogP contribution in [-0.2, 0) is 16.1 Å². The number of fused-ring (bicyclic) bond motifs is 2. The summed E-state index contributed by atoms with van der Waals surface area (Å²) in [7, 11) is 0. The van der Waals surface area contributed by atoms with Crippen molar-refractivity contribution in [1.82, 2.24) is 15.5 Å². The second-order valence-electron chi connectivity index (χ2n) is 8.66. The maximum Gasteiger partial charge on any atom is 0.234 e. The van der Waals surface area contributed by atoms with Crippen LogP contribution in [0.5, 0.6) is 0 Å². The molecule has 0 spiro atoms. The molecule has 6 heteroatoms. The van der Waals surface area contributed by atoms with Crippen molar-refractivity contribution >= 4 is 23.2 Å². The molecular formula is C20H31N3O2S. The average Bonchev–Trinajstić information content (AvgIpc) is 3.06. The van der Waals surface area contributed by atoms with Gasteiger partial charge in [0.15, 0.2) is 0 Å². The number of carbonyl (C=O) groups excluding carboxylic acids is 2. The van der Waals surface area contributed by atoms with Crippen LogP contribution in [0.3, 0.4) is 0 Å². The van der Waals surface area contributed by atoms with E-state index in [2.05, 4.69) is 15.5 Å². The number of nitrogens with zero attached hydrogens (tertiary/aromatic N) is 1. The minimum atomic E-state index is -0.353. The van der Waals surface area contributed by atoms with Gasteiger partial charge in [-0.1, -0.05) is 33.3 Å². The molecule has 1 aromatic rings. The van der Waals surface area contributed by atoms with Gasteiger partial charge in [-0.3, -0.25) is 14.5 Å². The molecule has 2 amide bonds. The topological polar surface area (TPSA) is 61.4 Å². The Kier molecular flexibility index (Phi) is 6.03. The van der Waals surface area contributed by atoms with Crippen LogP contribution < -0.4 is 10.6 Å². The quantitative estimate of drug-likeness (QED) is 0.829. The van der Waals surface area contributed by atoms with Crippen LogP contribution in [-0.4, -0.2) is 41.4 Å². The first-order valence-corrected chi connectivity index (χ1v) is 10.6.